The van der Waals surface area contributed by atoms with Crippen molar-refractivity contribution < 1.29 is 9.90 Å². The fourth-order valence-corrected chi connectivity index (χ4v) is 2.95. The first kappa shape index (κ1) is 27.0. The summed E-state index contributed by atoms with van der Waals surface area (Å²) in [5, 5.41) is 8.64. The number of benzene rings is 1. The lowest BCUT2D eigenvalue weighted by molar-refractivity contribution is -0.142. The number of hydrogen-bond acceptors (Lipinski definition) is 3. The van der Waals surface area contributed by atoms with Crippen molar-refractivity contribution >= 4 is 33.2 Å². The number of carbonyl (C=O) groups is 1. The van der Waals surface area contributed by atoms with E-state index in [0.29, 0.717) is 0 Å². The summed E-state index contributed by atoms with van der Waals surface area (Å²) in [6, 6.07) is 8.24. The second-order valence-corrected chi connectivity index (χ2v) is 6.79. The molecule has 3 nitrogen and oxygen atoms in total. The highest BCUT2D eigenvalue weighted by Gasteiger charge is 2.13. The molecule has 0 bridgehead atoms. The van der Waals surface area contributed by atoms with Crippen molar-refractivity contribution in [1.82, 2.24) is 4.98 Å². The highest BCUT2D eigenvalue weighted by Crippen LogP contribution is 2.24. The zero-order valence-electron chi connectivity index (χ0n) is 17.0. The van der Waals surface area contributed by atoms with Crippen LogP contribution >= 0.6 is 27.3 Å². The van der Waals surface area contributed by atoms with Crippen LogP contribution in [0.4, 0.5) is 0 Å². The molecule has 0 aliphatic carbocycles. The minimum Gasteiger partial charge on any atom is -0.481 e. The van der Waals surface area contributed by atoms with Crippen molar-refractivity contribution in [1.29, 1.82) is 0 Å². The van der Waals surface area contributed by atoms with Crippen LogP contribution in [0.15, 0.2) is 40.4 Å². The first-order chi connectivity index (χ1) is 12.6. The Hall–Kier alpha value is -1.20. The summed E-state index contributed by atoms with van der Waals surface area (Å²) in [6.45, 7) is 12.0. The summed E-state index contributed by atoms with van der Waals surface area (Å²) < 4.78 is 1.11. The maximum atomic E-state index is 10.5. The molecule has 0 fully saturated rings. The monoisotopic (exact) mass is 443 g/mol. The van der Waals surface area contributed by atoms with Crippen molar-refractivity contribution in [3.05, 3.63) is 40.4 Å². The zero-order valence-corrected chi connectivity index (χ0v) is 19.4. The molecule has 2 aromatic rings. The molecule has 2 rings (SSSR count). The van der Waals surface area contributed by atoms with Crippen LogP contribution in [0.2, 0.25) is 0 Å². The quantitative estimate of drug-likeness (QED) is 0.492. The zero-order chi connectivity index (χ0) is 20.4. The lowest BCUT2D eigenvalue weighted by atomic mass is 9.99. The van der Waals surface area contributed by atoms with Crippen molar-refractivity contribution in [2.24, 2.45) is 5.92 Å². The van der Waals surface area contributed by atoms with Crippen LogP contribution in [0.25, 0.3) is 10.4 Å². The minimum atomic E-state index is -0.635. The van der Waals surface area contributed by atoms with Crippen LogP contribution in [-0.2, 0) is 4.79 Å². The molecule has 1 aromatic heterocycles. The average Bonchev–Trinajstić information content (AvgIpc) is 3.21. The van der Waals surface area contributed by atoms with Crippen molar-refractivity contribution in [2.45, 2.75) is 67.2 Å². The molecule has 0 radical (unpaired) electrons. The van der Waals surface area contributed by atoms with E-state index < -0.39 is 5.97 Å². The molecule has 1 heterocycles. The van der Waals surface area contributed by atoms with Gasteiger partial charge in [0.2, 0.25) is 0 Å². The number of nitrogens with zero attached hydrogens (tertiary/aromatic N) is 1. The molecule has 0 saturated carbocycles. The lowest BCUT2D eigenvalue weighted by Crippen LogP contribution is -2.12. The Bertz CT molecular complexity index is 536. The Balaban J connectivity index is 0. The van der Waals surface area contributed by atoms with Gasteiger partial charge < -0.3 is 5.11 Å². The molecule has 1 N–H and O–H groups in total. The fraction of sp³-hybridized carbons (Fsp3) is 0.524. The van der Waals surface area contributed by atoms with E-state index in [2.05, 4.69) is 33.0 Å². The lowest BCUT2D eigenvalue weighted by Gasteiger charge is -2.07. The van der Waals surface area contributed by atoms with Gasteiger partial charge in [0.15, 0.2) is 0 Å². The van der Waals surface area contributed by atoms with Crippen LogP contribution in [0, 0.1) is 5.92 Å². The number of aromatic nitrogens is 1. The fourth-order valence-electron chi connectivity index (χ4n) is 2.06. The molecule has 0 atom stereocenters. The number of carboxylic acids is 1. The van der Waals surface area contributed by atoms with Gasteiger partial charge in [-0.2, -0.15) is 0 Å². The Labute approximate surface area is 172 Å². The van der Waals surface area contributed by atoms with Crippen molar-refractivity contribution in [3.8, 4) is 10.4 Å². The minimum absolute atomic E-state index is 0.102. The normalized spacial score (nSPS) is 9.08. The van der Waals surface area contributed by atoms with Gasteiger partial charge >= 0.3 is 5.97 Å². The van der Waals surface area contributed by atoms with Crippen molar-refractivity contribution in [3.63, 3.8) is 0 Å². The molecule has 1 aromatic carbocycles. The number of carboxylic acid groups (broad SMARTS) is 1. The van der Waals surface area contributed by atoms with E-state index >= 15 is 0 Å². The number of thiazole rings is 1. The smallest absolute Gasteiger partial charge is 0.306 e. The maximum absolute atomic E-state index is 10.5. The van der Waals surface area contributed by atoms with Crippen LogP contribution in [0.5, 0.6) is 0 Å². The van der Waals surface area contributed by atoms with Gasteiger partial charge in [-0.15, -0.1) is 11.3 Å². The predicted molar refractivity (Wildman–Crippen MR) is 119 cm³/mol. The van der Waals surface area contributed by atoms with Gasteiger partial charge in [-0.1, -0.05) is 82.4 Å². The highest BCUT2D eigenvalue weighted by atomic mass is 79.9. The predicted octanol–water partition coefficient (Wildman–Crippen LogP) is 7.91. The molecule has 0 unspecified atom stereocenters. The largest absolute Gasteiger partial charge is 0.481 e. The molecule has 0 spiro atoms. The number of hydrogen-bond donors (Lipinski definition) is 1. The second-order valence-electron chi connectivity index (χ2n) is 4.99. The summed E-state index contributed by atoms with van der Waals surface area (Å²) >= 11 is 5.05. The van der Waals surface area contributed by atoms with E-state index in [1.807, 2.05) is 65.4 Å². The van der Waals surface area contributed by atoms with E-state index in [9.17, 15) is 4.79 Å². The topological polar surface area (TPSA) is 50.2 Å². The van der Waals surface area contributed by atoms with Gasteiger partial charge in [0.25, 0.3) is 0 Å². The third-order valence-corrected chi connectivity index (χ3v) is 4.54. The SMILES string of the molecule is Brc1ccc(-c2cncs2)cc1.CC.CC.CCCC(CCC)C(=O)O. The maximum Gasteiger partial charge on any atom is 0.306 e. The van der Waals surface area contributed by atoms with Gasteiger partial charge in [0.1, 0.15) is 0 Å². The Morgan fingerprint density at radius 1 is 1.08 bits per heavy atom. The molecule has 0 aliphatic rings. The Morgan fingerprint density at radius 2 is 1.58 bits per heavy atom. The van der Waals surface area contributed by atoms with Gasteiger partial charge in [-0.3, -0.25) is 9.78 Å². The van der Waals surface area contributed by atoms with Gasteiger partial charge in [0, 0.05) is 10.7 Å². The van der Waals surface area contributed by atoms with E-state index in [-0.39, 0.29) is 5.92 Å². The molecule has 5 heteroatoms. The Kier molecular flexibility index (Phi) is 19.3. The van der Waals surface area contributed by atoms with Gasteiger partial charge in [-0.05, 0) is 30.5 Å². The molecular weight excluding hydrogens is 410 g/mol. The van der Waals surface area contributed by atoms with E-state index in [1.54, 1.807) is 11.3 Å². The molecule has 26 heavy (non-hydrogen) atoms. The first-order valence-corrected chi connectivity index (χ1v) is 11.1. The number of rotatable bonds is 6. The first-order valence-electron chi connectivity index (χ1n) is 9.45. The van der Waals surface area contributed by atoms with Crippen LogP contribution < -0.4 is 0 Å². The van der Waals surface area contributed by atoms with Gasteiger partial charge in [0.05, 0.1) is 16.3 Å². The molecule has 0 amide bonds. The number of halogens is 1. The summed E-state index contributed by atoms with van der Waals surface area (Å²) in [6.07, 6.45) is 5.47. The number of aliphatic carboxylic acids is 1. The third-order valence-electron chi connectivity index (χ3n) is 3.18. The van der Waals surface area contributed by atoms with E-state index in [4.69, 9.17) is 5.11 Å². The van der Waals surface area contributed by atoms with Crippen LogP contribution in [0.1, 0.15) is 67.2 Å². The Morgan fingerprint density at radius 3 is 1.92 bits per heavy atom. The van der Waals surface area contributed by atoms with E-state index in [0.717, 1.165) is 30.2 Å². The summed E-state index contributed by atoms with van der Waals surface area (Å²) in [5.74, 6) is -0.737. The molecule has 0 saturated heterocycles. The molecular formula is C21H34BrNO2S. The summed E-state index contributed by atoms with van der Waals surface area (Å²) in [7, 11) is 0. The summed E-state index contributed by atoms with van der Waals surface area (Å²) in [5.41, 5.74) is 3.07. The standard InChI is InChI=1S/C9H6BrNS.C8H16O2.2C2H6/c10-8-3-1-7(2-4-8)9-5-11-6-12-9;1-3-5-7(6-4-2)8(9)10;2*1-2/h1-6H;7H,3-6H2,1-2H3,(H,9,10);2*1-2H3. The second kappa shape index (κ2) is 18.6. The van der Waals surface area contributed by atoms with Crippen LogP contribution in [0.3, 0.4) is 0 Å². The van der Waals surface area contributed by atoms with Crippen LogP contribution in [-0.4, -0.2) is 16.1 Å². The molecule has 0 aliphatic heterocycles. The average molecular weight is 444 g/mol. The highest BCUT2D eigenvalue weighted by molar-refractivity contribution is 9.10. The van der Waals surface area contributed by atoms with Crippen molar-refractivity contribution in [2.75, 3.05) is 0 Å². The summed E-state index contributed by atoms with van der Waals surface area (Å²) in [4.78, 5) is 15.7. The third kappa shape index (κ3) is 12.2. The molecule has 148 valence electrons. The van der Waals surface area contributed by atoms with E-state index in [1.165, 1.54) is 10.4 Å². The van der Waals surface area contributed by atoms with Gasteiger partial charge in [-0.25, -0.2) is 0 Å².